The van der Waals surface area contributed by atoms with Gasteiger partial charge < -0.3 is 19.3 Å². The van der Waals surface area contributed by atoms with Gasteiger partial charge in [-0.1, -0.05) is 40.2 Å². The number of Topliss-reactive ketones (excluding diaryl/α,β-unsaturated/α-hetero) is 1. The number of alkyl halides is 1. The van der Waals surface area contributed by atoms with E-state index in [2.05, 4.69) is 6.92 Å². The van der Waals surface area contributed by atoms with Gasteiger partial charge >= 0.3 is 0 Å². The van der Waals surface area contributed by atoms with Crippen LogP contribution >= 0.6 is 0 Å². The smallest absolute Gasteiger partial charge is 0.284 e. The van der Waals surface area contributed by atoms with Gasteiger partial charge in [-0.3, -0.25) is 9.59 Å². The van der Waals surface area contributed by atoms with E-state index in [1.54, 1.807) is 6.08 Å². The van der Waals surface area contributed by atoms with Crippen LogP contribution in [0.25, 0.3) is 0 Å². The lowest BCUT2D eigenvalue weighted by Crippen LogP contribution is -2.73. The van der Waals surface area contributed by atoms with Crippen LogP contribution in [0.15, 0.2) is 11.6 Å². The number of rotatable bonds is 3. The zero-order chi connectivity index (χ0) is 25.6. The van der Waals surface area contributed by atoms with Crippen molar-refractivity contribution in [1.29, 1.82) is 0 Å². The summed E-state index contributed by atoms with van der Waals surface area (Å²) in [5.41, 5.74) is -3.91. The predicted octanol–water partition coefficient (Wildman–Crippen LogP) is 4.53. The van der Waals surface area contributed by atoms with Crippen LogP contribution in [0.2, 0.25) is 0 Å². The lowest BCUT2D eigenvalue weighted by Gasteiger charge is -2.65. The highest BCUT2D eigenvalue weighted by Crippen LogP contribution is 2.73. The Morgan fingerprint density at radius 2 is 1.89 bits per heavy atom. The Hall–Kier alpha value is -1.15. The Bertz CT molecular complexity index is 965. The molecule has 1 saturated heterocycles. The maximum Gasteiger partial charge on any atom is 0.284 e. The number of hydrogen-bond acceptors (Lipinski definition) is 6. The van der Waals surface area contributed by atoms with Gasteiger partial charge in [-0.2, -0.15) is 0 Å². The summed E-state index contributed by atoms with van der Waals surface area (Å²) in [5.74, 6) is -2.16. The van der Waals surface area contributed by atoms with Crippen LogP contribution in [0, 0.1) is 34.5 Å². The topological polar surface area (TPSA) is 82.1 Å². The molecule has 1 unspecified atom stereocenters. The molecule has 0 amide bonds. The molecule has 6 nitrogen and oxygen atoms in total. The van der Waals surface area contributed by atoms with Gasteiger partial charge in [-0.25, -0.2) is 4.39 Å². The second kappa shape index (κ2) is 7.92. The maximum atomic E-state index is 17.6. The Labute approximate surface area is 207 Å². The highest BCUT2D eigenvalue weighted by Gasteiger charge is 2.78. The molecule has 3 saturated carbocycles. The number of ether oxygens (including phenoxy) is 3. The van der Waals surface area contributed by atoms with E-state index >= 15 is 4.39 Å². The number of allylic oxidation sites excluding steroid dienone is 1. The number of ketones is 2. The number of carbonyl (C=O) groups excluding carboxylic acids is 2. The van der Waals surface area contributed by atoms with E-state index in [-0.39, 0.29) is 42.3 Å². The molecule has 1 aliphatic heterocycles. The predicted molar refractivity (Wildman–Crippen MR) is 127 cm³/mol. The SMILES string of the molecule is CCOC1(CC)OCC(=O)[C@@]2(O1)[C@@H](C)C[C@H]1[C@@H]3C[C@H](C)C4=CC(=O)CC[C@]4(C)[C@@]3(F)[C@@H](O)C[C@@]12C. The second-order valence-electron chi connectivity index (χ2n) is 12.3. The van der Waals surface area contributed by atoms with Crippen LogP contribution < -0.4 is 0 Å². The van der Waals surface area contributed by atoms with Gasteiger partial charge in [0.25, 0.3) is 5.97 Å². The van der Waals surface area contributed by atoms with Crippen LogP contribution in [-0.2, 0) is 23.8 Å². The molecule has 0 radical (unpaired) electrons. The van der Waals surface area contributed by atoms with Crippen molar-refractivity contribution < 1.29 is 33.3 Å². The van der Waals surface area contributed by atoms with E-state index in [1.165, 1.54) is 0 Å². The van der Waals surface area contributed by atoms with Crippen molar-refractivity contribution in [2.75, 3.05) is 13.2 Å². The standard InChI is InChI=1S/C28H41FO6/c1-7-26(33-8-2)34-15-23(32)28(35-26)17(4)12-20-21-11-16(3)19-13-18(30)9-10-24(19,5)27(21,29)22(31)14-25(20,28)6/h13,16-17,20-22,31H,7-12,14-15H2,1-6H3/t16-,17-,20-,21-,22-,24-,25-,26?,27-,28-/m0/s1. The van der Waals surface area contributed by atoms with Crippen LogP contribution in [0.1, 0.15) is 80.1 Å². The normalized spacial score (nSPS) is 53.7. The summed E-state index contributed by atoms with van der Waals surface area (Å²) < 4.78 is 36.0. The lowest BCUT2D eigenvalue weighted by molar-refractivity contribution is -0.435. The second-order valence-corrected chi connectivity index (χ2v) is 12.3. The largest absolute Gasteiger partial charge is 0.390 e. The first-order valence-electron chi connectivity index (χ1n) is 13.5. The molecule has 4 aliphatic carbocycles. The van der Waals surface area contributed by atoms with Crippen molar-refractivity contribution >= 4 is 11.6 Å². The Morgan fingerprint density at radius 3 is 2.54 bits per heavy atom. The van der Waals surface area contributed by atoms with Crippen molar-refractivity contribution in [2.24, 2.45) is 34.5 Å². The number of fused-ring (bicyclic) bond motifs is 6. The fraction of sp³-hybridized carbons (Fsp3) is 0.857. The van der Waals surface area contributed by atoms with Gasteiger partial charge in [0.1, 0.15) is 17.9 Å². The van der Waals surface area contributed by atoms with Gasteiger partial charge in [0.15, 0.2) is 11.6 Å². The minimum Gasteiger partial charge on any atom is -0.390 e. The molecule has 0 bridgehead atoms. The molecule has 1 spiro atoms. The van der Waals surface area contributed by atoms with Gasteiger partial charge in [0.2, 0.25) is 0 Å². The third-order valence-corrected chi connectivity index (χ3v) is 10.9. The summed E-state index contributed by atoms with van der Waals surface area (Å²) in [4.78, 5) is 26.0. The first kappa shape index (κ1) is 25.5. The third-order valence-electron chi connectivity index (χ3n) is 10.9. The molecular formula is C28H41FO6. The van der Waals surface area contributed by atoms with Crippen LogP contribution in [0.5, 0.6) is 0 Å². The highest BCUT2D eigenvalue weighted by molar-refractivity contribution is 5.92. The Kier molecular flexibility index (Phi) is 5.77. The summed E-state index contributed by atoms with van der Waals surface area (Å²) in [7, 11) is 0. The summed E-state index contributed by atoms with van der Waals surface area (Å²) >= 11 is 0. The molecule has 196 valence electrons. The molecule has 7 heteroatoms. The summed E-state index contributed by atoms with van der Waals surface area (Å²) in [6.45, 7) is 12.0. The van der Waals surface area contributed by atoms with E-state index in [4.69, 9.17) is 14.2 Å². The molecule has 0 aromatic carbocycles. The fourth-order valence-electron chi connectivity index (χ4n) is 9.28. The first-order chi connectivity index (χ1) is 16.3. The highest BCUT2D eigenvalue weighted by atomic mass is 19.1. The lowest BCUT2D eigenvalue weighted by atomic mass is 9.42. The Balaban J connectivity index is 1.62. The number of aliphatic hydroxyl groups is 1. The molecule has 0 aromatic rings. The van der Waals surface area contributed by atoms with Gasteiger partial charge in [-0.15, -0.1) is 0 Å². The van der Waals surface area contributed by atoms with E-state index in [0.717, 1.165) is 5.57 Å². The average Bonchev–Trinajstić information content (AvgIpc) is 3.02. The molecule has 35 heavy (non-hydrogen) atoms. The minimum absolute atomic E-state index is 0.0315. The fourth-order valence-corrected chi connectivity index (χ4v) is 9.28. The van der Waals surface area contributed by atoms with Crippen LogP contribution in [-0.4, -0.2) is 53.2 Å². The Morgan fingerprint density at radius 1 is 1.17 bits per heavy atom. The van der Waals surface area contributed by atoms with E-state index in [9.17, 15) is 14.7 Å². The summed E-state index contributed by atoms with van der Waals surface area (Å²) in [5, 5.41) is 11.7. The molecule has 5 aliphatic rings. The number of halogens is 1. The monoisotopic (exact) mass is 492 g/mol. The zero-order valence-corrected chi connectivity index (χ0v) is 22.0. The van der Waals surface area contributed by atoms with Crippen molar-refractivity contribution in [1.82, 2.24) is 0 Å². The summed E-state index contributed by atoms with van der Waals surface area (Å²) in [6.07, 6.45) is 2.80. The minimum atomic E-state index is -1.86. The quantitative estimate of drug-likeness (QED) is 0.624. The molecule has 1 heterocycles. The third kappa shape index (κ3) is 2.96. The summed E-state index contributed by atoms with van der Waals surface area (Å²) in [6, 6.07) is 0. The van der Waals surface area contributed by atoms with Gasteiger partial charge in [0, 0.05) is 36.2 Å². The molecule has 4 fully saturated rings. The number of carbonyl (C=O) groups is 2. The van der Waals surface area contributed by atoms with E-state index < -0.39 is 40.1 Å². The molecular weight excluding hydrogens is 451 g/mol. The van der Waals surface area contributed by atoms with Gasteiger partial charge in [-0.05, 0) is 56.4 Å². The first-order valence-corrected chi connectivity index (χ1v) is 13.5. The van der Waals surface area contributed by atoms with Gasteiger partial charge in [0.05, 0.1) is 6.10 Å². The van der Waals surface area contributed by atoms with Crippen molar-refractivity contribution in [3.8, 4) is 0 Å². The van der Waals surface area contributed by atoms with Crippen molar-refractivity contribution in [3.63, 3.8) is 0 Å². The average molecular weight is 493 g/mol. The van der Waals surface area contributed by atoms with E-state index in [0.29, 0.717) is 38.7 Å². The number of aliphatic hydroxyl groups excluding tert-OH is 1. The van der Waals surface area contributed by atoms with E-state index in [1.807, 2.05) is 34.6 Å². The molecule has 10 atom stereocenters. The molecule has 5 rings (SSSR count). The number of hydrogen-bond donors (Lipinski definition) is 1. The van der Waals surface area contributed by atoms with Crippen LogP contribution in [0.4, 0.5) is 4.39 Å². The molecule has 0 aromatic heterocycles. The molecule has 1 N–H and O–H groups in total. The maximum absolute atomic E-state index is 17.6. The zero-order valence-electron chi connectivity index (χ0n) is 22.0. The van der Waals surface area contributed by atoms with Crippen molar-refractivity contribution in [2.45, 2.75) is 103 Å². The van der Waals surface area contributed by atoms with Crippen LogP contribution in [0.3, 0.4) is 0 Å². The van der Waals surface area contributed by atoms with Crippen molar-refractivity contribution in [3.05, 3.63) is 11.6 Å².